The van der Waals surface area contributed by atoms with Gasteiger partial charge in [0.2, 0.25) is 0 Å². The highest BCUT2D eigenvalue weighted by molar-refractivity contribution is 5.69. The van der Waals surface area contributed by atoms with E-state index in [-0.39, 0.29) is 5.97 Å². The fraction of sp³-hybridized carbons (Fsp3) is 0.917. The van der Waals surface area contributed by atoms with E-state index in [1.807, 2.05) is 0 Å². The van der Waals surface area contributed by atoms with Crippen LogP contribution in [0, 0.1) is 11.8 Å². The molecule has 0 N–H and O–H groups in total. The van der Waals surface area contributed by atoms with Crippen LogP contribution in [0.4, 0.5) is 0 Å². The van der Waals surface area contributed by atoms with Crippen LogP contribution < -0.4 is 0 Å². The molecule has 2 nitrogen and oxygen atoms in total. The zero-order valence-electron chi connectivity index (χ0n) is 8.84. The van der Waals surface area contributed by atoms with Gasteiger partial charge in [0.05, 0.1) is 6.61 Å². The molecule has 14 heavy (non-hydrogen) atoms. The van der Waals surface area contributed by atoms with Gasteiger partial charge >= 0.3 is 5.97 Å². The molecule has 2 rings (SSSR count). The number of cyclic esters (lactones) is 1. The summed E-state index contributed by atoms with van der Waals surface area (Å²) in [5, 5.41) is 0. The highest BCUT2D eigenvalue weighted by atomic mass is 16.5. The second-order valence-electron chi connectivity index (χ2n) is 4.71. The van der Waals surface area contributed by atoms with Crippen LogP contribution in [0.5, 0.6) is 0 Å². The molecule has 1 saturated carbocycles. The van der Waals surface area contributed by atoms with Crippen molar-refractivity contribution < 1.29 is 9.53 Å². The van der Waals surface area contributed by atoms with Gasteiger partial charge in [0.15, 0.2) is 0 Å². The molecule has 1 atom stereocenters. The van der Waals surface area contributed by atoms with Crippen molar-refractivity contribution in [2.75, 3.05) is 6.61 Å². The Morgan fingerprint density at radius 3 is 2.43 bits per heavy atom. The maximum absolute atomic E-state index is 11.1. The van der Waals surface area contributed by atoms with Crippen LogP contribution in [-0.4, -0.2) is 12.6 Å². The van der Waals surface area contributed by atoms with Crippen molar-refractivity contribution in [2.24, 2.45) is 11.8 Å². The molecule has 1 heterocycles. The standard InChI is InChI=1S/C12H20O2/c13-12-7-6-11(8-9-14-12)10-4-2-1-3-5-10/h10-11H,1-9H2. The van der Waals surface area contributed by atoms with Crippen molar-refractivity contribution in [1.29, 1.82) is 0 Å². The van der Waals surface area contributed by atoms with E-state index in [2.05, 4.69) is 0 Å². The van der Waals surface area contributed by atoms with Gasteiger partial charge in [0.25, 0.3) is 0 Å². The summed E-state index contributed by atoms with van der Waals surface area (Å²) in [6.45, 7) is 0.667. The van der Waals surface area contributed by atoms with Crippen molar-refractivity contribution in [3.05, 3.63) is 0 Å². The van der Waals surface area contributed by atoms with Crippen LogP contribution in [0.25, 0.3) is 0 Å². The third kappa shape index (κ3) is 2.49. The lowest BCUT2D eigenvalue weighted by Gasteiger charge is -2.28. The average molecular weight is 196 g/mol. The summed E-state index contributed by atoms with van der Waals surface area (Å²) in [6, 6.07) is 0. The van der Waals surface area contributed by atoms with E-state index in [0.717, 1.165) is 24.7 Å². The Kier molecular flexibility index (Phi) is 3.44. The third-order valence-corrected chi connectivity index (χ3v) is 3.79. The number of esters is 1. The Balaban J connectivity index is 1.86. The van der Waals surface area contributed by atoms with E-state index in [9.17, 15) is 4.79 Å². The van der Waals surface area contributed by atoms with E-state index in [0.29, 0.717) is 13.0 Å². The summed E-state index contributed by atoms with van der Waals surface area (Å²) < 4.78 is 5.08. The van der Waals surface area contributed by atoms with E-state index in [4.69, 9.17) is 4.74 Å². The van der Waals surface area contributed by atoms with Gasteiger partial charge in [-0.1, -0.05) is 32.1 Å². The molecule has 80 valence electrons. The lowest BCUT2D eigenvalue weighted by molar-refractivity contribution is -0.142. The fourth-order valence-corrected chi connectivity index (χ4v) is 2.92. The summed E-state index contributed by atoms with van der Waals surface area (Å²) in [7, 11) is 0. The normalized spacial score (nSPS) is 30.9. The lowest BCUT2D eigenvalue weighted by Crippen LogP contribution is -2.18. The predicted molar refractivity (Wildman–Crippen MR) is 54.9 cm³/mol. The Bertz CT molecular complexity index is 194. The topological polar surface area (TPSA) is 26.3 Å². The first-order valence-corrected chi connectivity index (χ1v) is 6.02. The van der Waals surface area contributed by atoms with Gasteiger partial charge < -0.3 is 4.74 Å². The number of rotatable bonds is 1. The van der Waals surface area contributed by atoms with Crippen LogP contribution >= 0.6 is 0 Å². The maximum Gasteiger partial charge on any atom is 0.305 e. The molecule has 0 bridgehead atoms. The number of hydrogen-bond donors (Lipinski definition) is 0. The molecule has 0 aromatic rings. The molecule has 1 aliphatic carbocycles. The van der Waals surface area contributed by atoms with E-state index in [1.54, 1.807) is 0 Å². The first-order chi connectivity index (χ1) is 6.86. The Morgan fingerprint density at radius 2 is 1.64 bits per heavy atom. The van der Waals surface area contributed by atoms with Crippen molar-refractivity contribution in [2.45, 2.75) is 51.4 Å². The molecule has 0 aromatic carbocycles. The molecule has 1 aliphatic heterocycles. The molecule has 1 saturated heterocycles. The highest BCUT2D eigenvalue weighted by Crippen LogP contribution is 2.35. The van der Waals surface area contributed by atoms with Gasteiger partial charge in [-0.05, 0) is 24.7 Å². The molecular formula is C12H20O2. The van der Waals surface area contributed by atoms with Gasteiger partial charge in [-0.15, -0.1) is 0 Å². The number of carbonyl (C=O) groups is 1. The fourth-order valence-electron chi connectivity index (χ4n) is 2.92. The molecule has 0 spiro atoms. The second kappa shape index (κ2) is 4.81. The highest BCUT2D eigenvalue weighted by Gasteiger charge is 2.26. The monoisotopic (exact) mass is 196 g/mol. The molecule has 2 heteroatoms. The predicted octanol–water partition coefficient (Wildman–Crippen LogP) is 2.91. The quantitative estimate of drug-likeness (QED) is 0.603. The number of ether oxygens (including phenoxy) is 1. The van der Waals surface area contributed by atoms with Crippen LogP contribution in [0.3, 0.4) is 0 Å². The third-order valence-electron chi connectivity index (χ3n) is 3.79. The van der Waals surface area contributed by atoms with Crippen LogP contribution in [0.1, 0.15) is 51.4 Å². The van der Waals surface area contributed by atoms with Gasteiger partial charge in [-0.2, -0.15) is 0 Å². The van der Waals surface area contributed by atoms with Crippen molar-refractivity contribution >= 4 is 5.97 Å². The van der Waals surface area contributed by atoms with Gasteiger partial charge in [0.1, 0.15) is 0 Å². The second-order valence-corrected chi connectivity index (χ2v) is 4.71. The van der Waals surface area contributed by atoms with E-state index >= 15 is 0 Å². The minimum atomic E-state index is 0.0170. The number of hydrogen-bond acceptors (Lipinski definition) is 2. The van der Waals surface area contributed by atoms with E-state index < -0.39 is 0 Å². The molecule has 2 aliphatic rings. The minimum Gasteiger partial charge on any atom is -0.466 e. The Labute approximate surface area is 86.0 Å². The minimum absolute atomic E-state index is 0.0170. The molecule has 0 aromatic heterocycles. The summed E-state index contributed by atoms with van der Waals surface area (Å²) in [6.07, 6.45) is 9.82. The Morgan fingerprint density at radius 1 is 0.929 bits per heavy atom. The van der Waals surface area contributed by atoms with Gasteiger partial charge in [0, 0.05) is 6.42 Å². The molecular weight excluding hydrogens is 176 g/mol. The molecule has 2 fully saturated rings. The first-order valence-electron chi connectivity index (χ1n) is 6.02. The molecule has 1 unspecified atom stereocenters. The zero-order valence-corrected chi connectivity index (χ0v) is 8.84. The van der Waals surface area contributed by atoms with Crippen LogP contribution in [0.15, 0.2) is 0 Å². The number of carbonyl (C=O) groups excluding carboxylic acids is 1. The zero-order chi connectivity index (χ0) is 9.80. The lowest BCUT2D eigenvalue weighted by atomic mass is 9.77. The SMILES string of the molecule is O=C1CCC(C2CCCCC2)CCO1. The van der Waals surface area contributed by atoms with Gasteiger partial charge in [-0.3, -0.25) is 4.79 Å². The van der Waals surface area contributed by atoms with Crippen molar-refractivity contribution in [3.63, 3.8) is 0 Å². The summed E-state index contributed by atoms with van der Waals surface area (Å²) in [5.74, 6) is 1.67. The summed E-state index contributed by atoms with van der Waals surface area (Å²) >= 11 is 0. The van der Waals surface area contributed by atoms with Crippen LogP contribution in [0.2, 0.25) is 0 Å². The maximum atomic E-state index is 11.1. The summed E-state index contributed by atoms with van der Waals surface area (Å²) in [5.41, 5.74) is 0. The first kappa shape index (κ1) is 10.0. The van der Waals surface area contributed by atoms with Crippen molar-refractivity contribution in [3.8, 4) is 0 Å². The molecule has 0 radical (unpaired) electrons. The summed E-state index contributed by atoms with van der Waals surface area (Å²) in [4.78, 5) is 11.1. The largest absolute Gasteiger partial charge is 0.466 e. The van der Waals surface area contributed by atoms with Crippen LogP contribution in [-0.2, 0) is 9.53 Å². The Hall–Kier alpha value is -0.530. The average Bonchev–Trinajstić information content (AvgIpc) is 2.44. The smallest absolute Gasteiger partial charge is 0.305 e. The van der Waals surface area contributed by atoms with E-state index in [1.165, 1.54) is 32.1 Å². The van der Waals surface area contributed by atoms with Gasteiger partial charge in [-0.25, -0.2) is 0 Å². The molecule has 0 amide bonds. The van der Waals surface area contributed by atoms with Crippen molar-refractivity contribution in [1.82, 2.24) is 0 Å².